The van der Waals surface area contributed by atoms with E-state index < -0.39 is 4.92 Å². The number of halogens is 2. The monoisotopic (exact) mass is 372 g/mol. The molecule has 0 bridgehead atoms. The molecule has 21 heavy (non-hydrogen) atoms. The van der Waals surface area contributed by atoms with Crippen LogP contribution in [0.5, 0.6) is 11.6 Å². The Bertz CT molecular complexity index is 684. The van der Waals surface area contributed by atoms with E-state index in [9.17, 15) is 10.1 Å². The Morgan fingerprint density at radius 3 is 2.86 bits per heavy atom. The van der Waals surface area contributed by atoms with E-state index in [0.717, 1.165) is 0 Å². The van der Waals surface area contributed by atoms with Crippen LogP contribution in [0.4, 0.5) is 11.5 Å². The summed E-state index contributed by atoms with van der Waals surface area (Å²) >= 11 is 9.12. The van der Waals surface area contributed by atoms with Gasteiger partial charge in [-0.25, -0.2) is 4.98 Å². The fraction of sp³-hybridized carbons (Fsp3) is 0.167. The van der Waals surface area contributed by atoms with Crippen molar-refractivity contribution in [3.63, 3.8) is 0 Å². The molecule has 7 nitrogen and oxygen atoms in total. The molecule has 0 fully saturated rings. The van der Waals surface area contributed by atoms with Crippen LogP contribution in [0.1, 0.15) is 6.92 Å². The van der Waals surface area contributed by atoms with Gasteiger partial charge in [0.1, 0.15) is 12.1 Å². The van der Waals surface area contributed by atoms with Crippen LogP contribution in [0.25, 0.3) is 0 Å². The highest BCUT2D eigenvalue weighted by Crippen LogP contribution is 2.37. The molecule has 0 saturated heterocycles. The maximum absolute atomic E-state index is 11.2. The predicted molar refractivity (Wildman–Crippen MR) is 82.1 cm³/mol. The molecule has 0 unspecified atom stereocenters. The minimum atomic E-state index is -0.586. The van der Waals surface area contributed by atoms with Crippen molar-refractivity contribution in [3.05, 3.63) is 44.1 Å². The van der Waals surface area contributed by atoms with Crippen LogP contribution in [-0.4, -0.2) is 21.4 Å². The number of anilines is 1. The maximum atomic E-state index is 11.2. The van der Waals surface area contributed by atoms with Crippen LogP contribution in [0.2, 0.25) is 5.02 Å². The number of ether oxygens (including phenoxy) is 1. The molecule has 9 heteroatoms. The van der Waals surface area contributed by atoms with Crippen molar-refractivity contribution in [3.8, 4) is 11.6 Å². The summed E-state index contributed by atoms with van der Waals surface area (Å²) in [6.45, 7) is 2.30. The molecule has 0 spiro atoms. The van der Waals surface area contributed by atoms with Gasteiger partial charge in [0.15, 0.2) is 0 Å². The molecule has 0 aliphatic carbocycles. The van der Waals surface area contributed by atoms with E-state index in [1.807, 2.05) is 6.92 Å². The predicted octanol–water partition coefficient (Wildman–Crippen LogP) is 4.02. The first kappa shape index (κ1) is 15.5. The fourth-order valence-electron chi connectivity index (χ4n) is 1.56. The van der Waals surface area contributed by atoms with Crippen LogP contribution >= 0.6 is 27.5 Å². The number of hydrogen-bond donors (Lipinski definition) is 1. The minimum absolute atomic E-state index is 0.109. The largest absolute Gasteiger partial charge is 0.432 e. The number of nitro groups is 1. The quantitative estimate of drug-likeness (QED) is 0.628. The Hall–Kier alpha value is -1.93. The lowest BCUT2D eigenvalue weighted by atomic mass is 10.3. The summed E-state index contributed by atoms with van der Waals surface area (Å²) in [4.78, 5) is 18.3. The van der Waals surface area contributed by atoms with Crippen molar-refractivity contribution in [1.82, 2.24) is 9.97 Å². The number of nitrogens with zero attached hydrogens (tertiary/aromatic N) is 3. The van der Waals surface area contributed by atoms with E-state index in [1.165, 1.54) is 6.33 Å². The van der Waals surface area contributed by atoms with Gasteiger partial charge in [0.05, 0.1) is 9.40 Å². The van der Waals surface area contributed by atoms with Gasteiger partial charge in [-0.1, -0.05) is 11.6 Å². The summed E-state index contributed by atoms with van der Waals surface area (Å²) in [5.74, 6) is 0.329. The Labute approximate surface area is 133 Å². The molecule has 110 valence electrons. The van der Waals surface area contributed by atoms with Crippen molar-refractivity contribution in [2.24, 2.45) is 0 Å². The first-order chi connectivity index (χ1) is 10.0. The lowest BCUT2D eigenvalue weighted by Crippen LogP contribution is -2.06. The number of rotatable bonds is 5. The van der Waals surface area contributed by atoms with Crippen LogP contribution in [0.3, 0.4) is 0 Å². The SMILES string of the molecule is CCNc1ncnc(Oc2ccc(Cl)cc2Br)c1[N+](=O)[O-]. The lowest BCUT2D eigenvalue weighted by Gasteiger charge is -2.09. The van der Waals surface area contributed by atoms with Gasteiger partial charge >= 0.3 is 11.6 Å². The Kier molecular flexibility index (Phi) is 4.92. The third kappa shape index (κ3) is 3.59. The molecule has 0 amide bonds. The Balaban J connectivity index is 2.43. The Morgan fingerprint density at radius 1 is 1.48 bits per heavy atom. The number of hydrogen-bond acceptors (Lipinski definition) is 6. The van der Waals surface area contributed by atoms with Crippen molar-refractivity contribution >= 4 is 39.0 Å². The average Bonchev–Trinajstić information content (AvgIpc) is 2.42. The average molecular weight is 374 g/mol. The molecule has 0 atom stereocenters. The molecule has 0 radical (unpaired) electrons. The zero-order valence-corrected chi connectivity index (χ0v) is 13.2. The standard InChI is InChI=1S/C12H10BrClN4O3/c1-2-15-11-10(18(19)20)12(17-6-16-11)21-9-4-3-7(14)5-8(9)13/h3-6H,2H2,1H3,(H,15,16,17). The van der Waals surface area contributed by atoms with Crippen molar-refractivity contribution in [1.29, 1.82) is 0 Å². The third-order valence-corrected chi connectivity index (χ3v) is 3.27. The zero-order valence-electron chi connectivity index (χ0n) is 10.8. The van der Waals surface area contributed by atoms with E-state index in [0.29, 0.717) is 21.8 Å². The maximum Gasteiger partial charge on any atom is 0.373 e. The van der Waals surface area contributed by atoms with Gasteiger partial charge in [0, 0.05) is 11.6 Å². The van der Waals surface area contributed by atoms with Crippen LogP contribution in [-0.2, 0) is 0 Å². The number of benzene rings is 1. The van der Waals surface area contributed by atoms with Crippen molar-refractivity contribution in [2.75, 3.05) is 11.9 Å². The van der Waals surface area contributed by atoms with E-state index in [4.69, 9.17) is 16.3 Å². The molecule has 0 saturated carbocycles. The Morgan fingerprint density at radius 2 is 2.24 bits per heavy atom. The van der Waals surface area contributed by atoms with Gasteiger partial charge in [-0.15, -0.1) is 0 Å². The minimum Gasteiger partial charge on any atom is -0.432 e. The highest BCUT2D eigenvalue weighted by Gasteiger charge is 2.25. The summed E-state index contributed by atoms with van der Waals surface area (Å²) in [6, 6.07) is 4.82. The highest BCUT2D eigenvalue weighted by molar-refractivity contribution is 9.10. The smallest absolute Gasteiger partial charge is 0.373 e. The van der Waals surface area contributed by atoms with Gasteiger partial charge in [-0.05, 0) is 41.1 Å². The summed E-state index contributed by atoms with van der Waals surface area (Å²) < 4.78 is 6.07. The molecule has 1 heterocycles. The fourth-order valence-corrected chi connectivity index (χ4v) is 2.32. The first-order valence-electron chi connectivity index (χ1n) is 5.89. The van der Waals surface area contributed by atoms with Gasteiger partial charge in [0.2, 0.25) is 5.82 Å². The first-order valence-corrected chi connectivity index (χ1v) is 7.06. The lowest BCUT2D eigenvalue weighted by molar-refractivity contribution is -0.385. The van der Waals surface area contributed by atoms with Crippen LogP contribution in [0, 0.1) is 10.1 Å². The number of nitrogens with one attached hydrogen (secondary N) is 1. The number of aromatic nitrogens is 2. The van der Waals surface area contributed by atoms with Gasteiger partial charge < -0.3 is 10.1 Å². The molecule has 1 aromatic carbocycles. The van der Waals surface area contributed by atoms with E-state index in [1.54, 1.807) is 18.2 Å². The van der Waals surface area contributed by atoms with Crippen molar-refractivity contribution < 1.29 is 9.66 Å². The third-order valence-electron chi connectivity index (χ3n) is 2.42. The molecular formula is C12H10BrClN4O3. The molecule has 0 aliphatic heterocycles. The second kappa shape index (κ2) is 6.68. The summed E-state index contributed by atoms with van der Waals surface area (Å²) in [7, 11) is 0. The van der Waals surface area contributed by atoms with Crippen molar-refractivity contribution in [2.45, 2.75) is 6.92 Å². The zero-order chi connectivity index (χ0) is 15.4. The van der Waals surface area contributed by atoms with E-state index >= 15 is 0 Å². The summed E-state index contributed by atoms with van der Waals surface area (Å²) in [5.41, 5.74) is -0.318. The molecule has 2 aromatic rings. The highest BCUT2D eigenvalue weighted by atomic mass is 79.9. The molecule has 2 rings (SSSR count). The van der Waals surface area contributed by atoms with Gasteiger partial charge in [-0.3, -0.25) is 10.1 Å². The normalized spacial score (nSPS) is 10.2. The summed E-state index contributed by atoms with van der Waals surface area (Å²) in [5, 5.41) is 14.5. The second-order valence-electron chi connectivity index (χ2n) is 3.84. The molecule has 0 aliphatic rings. The van der Waals surface area contributed by atoms with E-state index in [-0.39, 0.29) is 17.4 Å². The second-order valence-corrected chi connectivity index (χ2v) is 5.13. The topological polar surface area (TPSA) is 90.2 Å². The van der Waals surface area contributed by atoms with Gasteiger partial charge in [0.25, 0.3) is 0 Å². The molecular weight excluding hydrogens is 364 g/mol. The van der Waals surface area contributed by atoms with Crippen LogP contribution < -0.4 is 10.1 Å². The van der Waals surface area contributed by atoms with Crippen LogP contribution in [0.15, 0.2) is 29.0 Å². The summed E-state index contributed by atoms with van der Waals surface area (Å²) in [6.07, 6.45) is 1.20. The van der Waals surface area contributed by atoms with E-state index in [2.05, 4.69) is 31.2 Å². The van der Waals surface area contributed by atoms with Gasteiger partial charge in [-0.2, -0.15) is 4.98 Å². The molecule has 1 N–H and O–H groups in total. The molecule has 1 aromatic heterocycles.